The first-order valence-corrected chi connectivity index (χ1v) is 10.9. The third-order valence-corrected chi connectivity index (χ3v) is 6.62. The molecule has 0 saturated heterocycles. The van der Waals surface area contributed by atoms with E-state index < -0.39 is 16.1 Å². The van der Waals surface area contributed by atoms with E-state index in [0.29, 0.717) is 5.52 Å². The monoisotopic (exact) mass is 422 g/mol. The Balaban J connectivity index is 1.63. The molecule has 0 unspecified atom stereocenters. The van der Waals surface area contributed by atoms with Gasteiger partial charge in [0.25, 0.3) is 0 Å². The number of para-hydroxylation sites is 1. The largest absolute Gasteiger partial charge is 0.497 e. The van der Waals surface area contributed by atoms with Crippen molar-refractivity contribution in [2.24, 2.45) is 0 Å². The summed E-state index contributed by atoms with van der Waals surface area (Å²) in [5.41, 5.74) is 2.97. The number of nitrogens with zero attached hydrogens (tertiary/aromatic N) is 3. The van der Waals surface area contributed by atoms with Crippen LogP contribution >= 0.6 is 0 Å². The molecule has 0 aliphatic rings. The molecule has 0 radical (unpaired) electrons. The summed E-state index contributed by atoms with van der Waals surface area (Å²) in [5.74, 6) is 0.758. The molecule has 2 heterocycles. The van der Waals surface area contributed by atoms with Crippen LogP contribution in [-0.4, -0.2) is 30.3 Å². The van der Waals surface area contributed by atoms with Crippen LogP contribution in [0.4, 0.5) is 0 Å². The molecule has 0 saturated carbocycles. The fourth-order valence-electron chi connectivity index (χ4n) is 3.48. The predicted octanol–water partition coefficient (Wildman–Crippen LogP) is 3.78. The molecule has 0 aliphatic carbocycles. The van der Waals surface area contributed by atoms with Crippen molar-refractivity contribution < 1.29 is 13.2 Å². The first-order valence-electron chi connectivity index (χ1n) is 9.46. The number of aromatic nitrogens is 3. The molecule has 0 amide bonds. The standard InChI is InChI=1S/C22H22N4O3S/c1-15(20-14-24-26(16(20)2)18-9-11-19(29-3)12-10-18)25-30(27,28)21-8-4-6-17-7-5-13-23-22(17)21/h4-15,25H,1-3H3/t15-/m1/s1. The van der Waals surface area contributed by atoms with E-state index in [1.54, 1.807) is 49.3 Å². The second-order valence-corrected chi connectivity index (χ2v) is 8.65. The Bertz CT molecular complexity index is 1290. The summed E-state index contributed by atoms with van der Waals surface area (Å²) < 4.78 is 35.9. The molecule has 0 aliphatic heterocycles. The first kappa shape index (κ1) is 20.1. The number of hydrogen-bond donors (Lipinski definition) is 1. The van der Waals surface area contributed by atoms with Gasteiger partial charge in [-0.15, -0.1) is 0 Å². The number of pyridine rings is 1. The van der Waals surface area contributed by atoms with E-state index in [-0.39, 0.29) is 4.90 Å². The van der Waals surface area contributed by atoms with Crippen molar-refractivity contribution in [1.82, 2.24) is 19.5 Å². The molecule has 4 aromatic rings. The van der Waals surface area contributed by atoms with E-state index in [1.165, 1.54) is 0 Å². The first-order chi connectivity index (χ1) is 14.4. The lowest BCUT2D eigenvalue weighted by Crippen LogP contribution is -2.27. The molecule has 0 spiro atoms. The summed E-state index contributed by atoms with van der Waals surface area (Å²) >= 11 is 0. The van der Waals surface area contributed by atoms with Gasteiger partial charge in [0.1, 0.15) is 10.6 Å². The minimum atomic E-state index is -3.78. The van der Waals surface area contributed by atoms with Crippen molar-refractivity contribution >= 4 is 20.9 Å². The maximum Gasteiger partial charge on any atom is 0.243 e. The normalized spacial score (nSPS) is 12.8. The molecule has 2 aromatic carbocycles. The van der Waals surface area contributed by atoms with Crippen molar-refractivity contribution in [2.75, 3.05) is 7.11 Å². The van der Waals surface area contributed by atoms with Gasteiger partial charge in [-0.1, -0.05) is 18.2 Å². The number of rotatable bonds is 6. The number of fused-ring (bicyclic) bond motifs is 1. The molecule has 1 atom stereocenters. The second kappa shape index (κ2) is 7.89. The summed E-state index contributed by atoms with van der Waals surface area (Å²) in [6, 6.07) is 15.8. The van der Waals surface area contributed by atoms with Crippen LogP contribution in [0.3, 0.4) is 0 Å². The fraction of sp³-hybridized carbons (Fsp3) is 0.182. The average molecular weight is 423 g/mol. The van der Waals surface area contributed by atoms with Crippen LogP contribution in [0, 0.1) is 6.92 Å². The highest BCUT2D eigenvalue weighted by molar-refractivity contribution is 7.89. The molecule has 7 nitrogen and oxygen atoms in total. The summed E-state index contributed by atoms with van der Waals surface area (Å²) in [4.78, 5) is 4.42. The topological polar surface area (TPSA) is 86.1 Å². The summed E-state index contributed by atoms with van der Waals surface area (Å²) in [5, 5.41) is 5.22. The lowest BCUT2D eigenvalue weighted by Gasteiger charge is -2.15. The number of hydrogen-bond acceptors (Lipinski definition) is 5. The maximum atomic E-state index is 13.1. The smallest absolute Gasteiger partial charge is 0.243 e. The number of sulfonamides is 1. The second-order valence-electron chi connectivity index (χ2n) is 6.97. The third kappa shape index (κ3) is 3.67. The molecule has 0 fully saturated rings. The van der Waals surface area contributed by atoms with Crippen LogP contribution in [0.5, 0.6) is 5.75 Å². The average Bonchev–Trinajstić information content (AvgIpc) is 3.14. The van der Waals surface area contributed by atoms with Gasteiger partial charge in [-0.25, -0.2) is 17.8 Å². The molecule has 1 N–H and O–H groups in total. The summed E-state index contributed by atoms with van der Waals surface area (Å²) in [6.45, 7) is 3.72. The van der Waals surface area contributed by atoms with E-state index in [0.717, 1.165) is 28.1 Å². The molecule has 0 bridgehead atoms. The molecule has 8 heteroatoms. The highest BCUT2D eigenvalue weighted by atomic mass is 32.2. The minimum Gasteiger partial charge on any atom is -0.497 e. The highest BCUT2D eigenvalue weighted by Gasteiger charge is 2.23. The molecule has 4 rings (SSSR count). The maximum absolute atomic E-state index is 13.1. The zero-order valence-electron chi connectivity index (χ0n) is 16.9. The van der Waals surface area contributed by atoms with E-state index in [9.17, 15) is 8.42 Å². The van der Waals surface area contributed by atoms with E-state index in [4.69, 9.17) is 4.74 Å². The van der Waals surface area contributed by atoms with Gasteiger partial charge in [-0.2, -0.15) is 5.10 Å². The van der Waals surface area contributed by atoms with Gasteiger partial charge < -0.3 is 4.74 Å². The van der Waals surface area contributed by atoms with Gasteiger partial charge in [-0.05, 0) is 50.2 Å². The Hall–Kier alpha value is -3.23. The Labute approximate surface area is 175 Å². The van der Waals surface area contributed by atoms with Crippen LogP contribution in [0.25, 0.3) is 16.6 Å². The zero-order chi connectivity index (χ0) is 21.3. The van der Waals surface area contributed by atoms with E-state index in [1.807, 2.05) is 43.3 Å². The van der Waals surface area contributed by atoms with Gasteiger partial charge in [0, 0.05) is 28.9 Å². The predicted molar refractivity (Wildman–Crippen MR) is 115 cm³/mol. The summed E-state index contributed by atoms with van der Waals surface area (Å²) in [6.07, 6.45) is 3.28. The zero-order valence-corrected chi connectivity index (χ0v) is 17.7. The molecule has 30 heavy (non-hydrogen) atoms. The summed E-state index contributed by atoms with van der Waals surface area (Å²) in [7, 11) is -2.16. The molecule has 154 valence electrons. The van der Waals surface area contributed by atoms with Crippen molar-refractivity contribution in [3.05, 3.63) is 78.2 Å². The quantitative estimate of drug-likeness (QED) is 0.511. The minimum absolute atomic E-state index is 0.160. The van der Waals surface area contributed by atoms with Crippen LogP contribution in [0.15, 0.2) is 71.9 Å². The van der Waals surface area contributed by atoms with E-state index in [2.05, 4.69) is 14.8 Å². The van der Waals surface area contributed by atoms with Crippen LogP contribution in [0.2, 0.25) is 0 Å². The SMILES string of the molecule is COc1ccc(-n2ncc([C@@H](C)NS(=O)(=O)c3cccc4cccnc34)c2C)cc1. The van der Waals surface area contributed by atoms with Crippen molar-refractivity contribution in [3.8, 4) is 11.4 Å². The van der Waals surface area contributed by atoms with Gasteiger partial charge >= 0.3 is 0 Å². The Morgan fingerprint density at radius 2 is 1.80 bits per heavy atom. The fourth-order valence-corrected chi connectivity index (χ4v) is 4.89. The molecular formula is C22H22N4O3S. The van der Waals surface area contributed by atoms with Crippen molar-refractivity contribution in [3.63, 3.8) is 0 Å². The van der Waals surface area contributed by atoms with Gasteiger partial charge in [0.05, 0.1) is 24.5 Å². The van der Waals surface area contributed by atoms with Crippen LogP contribution < -0.4 is 9.46 Å². The number of nitrogens with one attached hydrogen (secondary N) is 1. The van der Waals surface area contributed by atoms with Crippen molar-refractivity contribution in [1.29, 1.82) is 0 Å². The number of ether oxygens (including phenoxy) is 1. The molecule has 2 aromatic heterocycles. The Morgan fingerprint density at radius 1 is 1.07 bits per heavy atom. The lowest BCUT2D eigenvalue weighted by molar-refractivity contribution is 0.414. The molecular weight excluding hydrogens is 400 g/mol. The lowest BCUT2D eigenvalue weighted by atomic mass is 10.1. The number of benzene rings is 2. The van der Waals surface area contributed by atoms with Gasteiger partial charge in [-0.3, -0.25) is 4.98 Å². The van der Waals surface area contributed by atoms with Crippen LogP contribution in [0.1, 0.15) is 24.2 Å². The van der Waals surface area contributed by atoms with Gasteiger partial charge in [0.2, 0.25) is 10.0 Å². The number of methoxy groups -OCH3 is 1. The Kier molecular flexibility index (Phi) is 5.27. The van der Waals surface area contributed by atoms with Gasteiger partial charge in [0.15, 0.2) is 0 Å². The van der Waals surface area contributed by atoms with Crippen LogP contribution in [-0.2, 0) is 10.0 Å². The Morgan fingerprint density at radius 3 is 2.53 bits per heavy atom. The third-order valence-electron chi connectivity index (χ3n) is 5.05. The van der Waals surface area contributed by atoms with E-state index >= 15 is 0 Å². The highest BCUT2D eigenvalue weighted by Crippen LogP contribution is 2.25. The van der Waals surface area contributed by atoms with Crippen molar-refractivity contribution in [2.45, 2.75) is 24.8 Å².